The van der Waals surface area contributed by atoms with Crippen LogP contribution in [0.25, 0.3) is 0 Å². The number of carbonyl (C=O) groups excluding carboxylic acids is 2. The fourth-order valence-electron chi connectivity index (χ4n) is 1.62. The maximum atomic E-state index is 11.8. The summed E-state index contributed by atoms with van der Waals surface area (Å²) in [6.45, 7) is 3.55. The van der Waals surface area contributed by atoms with Gasteiger partial charge in [-0.2, -0.15) is 0 Å². The van der Waals surface area contributed by atoms with Crippen LogP contribution in [-0.4, -0.2) is 40.8 Å². The zero-order chi connectivity index (χ0) is 16.6. The molecule has 120 valence electrons. The van der Waals surface area contributed by atoms with E-state index in [-0.39, 0.29) is 23.2 Å². The SMILES string of the molecule is CC(C)(CCNC(=O)CSCC(=O)c1ccccc1)C(=O)O. The molecule has 0 aliphatic heterocycles. The molecule has 0 heterocycles. The molecule has 0 spiro atoms. The first-order valence-corrected chi connectivity index (χ1v) is 8.14. The van der Waals surface area contributed by atoms with Gasteiger partial charge in [0.05, 0.1) is 16.9 Å². The quantitative estimate of drug-likeness (QED) is 0.681. The fraction of sp³-hybridized carbons (Fsp3) is 0.438. The summed E-state index contributed by atoms with van der Waals surface area (Å²) in [6.07, 6.45) is 0.363. The van der Waals surface area contributed by atoms with E-state index in [1.54, 1.807) is 38.1 Å². The smallest absolute Gasteiger partial charge is 0.309 e. The van der Waals surface area contributed by atoms with Crippen LogP contribution in [0.1, 0.15) is 30.6 Å². The van der Waals surface area contributed by atoms with Crippen LogP contribution < -0.4 is 5.32 Å². The van der Waals surface area contributed by atoms with Crippen LogP contribution >= 0.6 is 11.8 Å². The Labute approximate surface area is 134 Å². The molecule has 0 radical (unpaired) electrons. The lowest BCUT2D eigenvalue weighted by atomic mass is 9.90. The second-order valence-electron chi connectivity index (χ2n) is 5.57. The van der Waals surface area contributed by atoms with E-state index in [2.05, 4.69) is 5.32 Å². The molecule has 0 saturated carbocycles. The van der Waals surface area contributed by atoms with E-state index in [1.807, 2.05) is 6.07 Å². The van der Waals surface area contributed by atoms with Gasteiger partial charge in [-0.05, 0) is 20.3 Å². The van der Waals surface area contributed by atoms with Crippen LogP contribution in [0.4, 0.5) is 0 Å². The summed E-state index contributed by atoms with van der Waals surface area (Å²) in [5.41, 5.74) is -0.220. The summed E-state index contributed by atoms with van der Waals surface area (Å²) in [5, 5.41) is 11.6. The predicted molar refractivity (Wildman–Crippen MR) is 87.1 cm³/mol. The van der Waals surface area contributed by atoms with Gasteiger partial charge in [0.15, 0.2) is 5.78 Å². The number of carbonyl (C=O) groups is 3. The summed E-state index contributed by atoms with van der Waals surface area (Å²) in [6, 6.07) is 8.94. The lowest BCUT2D eigenvalue weighted by Gasteiger charge is -2.18. The minimum atomic E-state index is -0.885. The Morgan fingerprint density at radius 2 is 1.77 bits per heavy atom. The summed E-state index contributed by atoms with van der Waals surface area (Å²) >= 11 is 1.25. The van der Waals surface area contributed by atoms with Crippen LogP contribution in [-0.2, 0) is 9.59 Å². The van der Waals surface area contributed by atoms with E-state index in [4.69, 9.17) is 5.11 Å². The zero-order valence-corrected chi connectivity index (χ0v) is 13.6. The monoisotopic (exact) mass is 323 g/mol. The lowest BCUT2D eigenvalue weighted by Crippen LogP contribution is -2.32. The molecule has 5 nitrogen and oxygen atoms in total. The molecule has 0 aliphatic carbocycles. The molecule has 22 heavy (non-hydrogen) atoms. The molecule has 6 heteroatoms. The minimum absolute atomic E-state index is 0.00888. The van der Waals surface area contributed by atoms with Gasteiger partial charge in [0, 0.05) is 12.1 Å². The highest BCUT2D eigenvalue weighted by atomic mass is 32.2. The Kier molecular flexibility index (Phi) is 7.11. The first-order chi connectivity index (χ1) is 10.3. The number of benzene rings is 1. The molecule has 1 rings (SSSR count). The number of nitrogens with one attached hydrogen (secondary N) is 1. The largest absolute Gasteiger partial charge is 0.481 e. The normalized spacial score (nSPS) is 11.0. The van der Waals surface area contributed by atoms with E-state index in [0.29, 0.717) is 18.5 Å². The highest BCUT2D eigenvalue weighted by molar-refractivity contribution is 8.00. The summed E-state index contributed by atoms with van der Waals surface area (Å²) in [4.78, 5) is 34.4. The van der Waals surface area contributed by atoms with Crippen molar-refractivity contribution in [2.45, 2.75) is 20.3 Å². The molecule has 1 aromatic rings. The number of rotatable bonds is 9. The number of carboxylic acid groups (broad SMARTS) is 1. The number of hydrogen-bond acceptors (Lipinski definition) is 4. The van der Waals surface area contributed by atoms with Crippen molar-refractivity contribution >= 4 is 29.4 Å². The first-order valence-electron chi connectivity index (χ1n) is 6.99. The van der Waals surface area contributed by atoms with Crippen molar-refractivity contribution < 1.29 is 19.5 Å². The van der Waals surface area contributed by atoms with Crippen LogP contribution in [0.3, 0.4) is 0 Å². The van der Waals surface area contributed by atoms with E-state index >= 15 is 0 Å². The highest BCUT2D eigenvalue weighted by Gasteiger charge is 2.26. The van der Waals surface area contributed by atoms with Crippen molar-refractivity contribution in [3.8, 4) is 0 Å². The van der Waals surface area contributed by atoms with Crippen LogP contribution in [0, 0.1) is 5.41 Å². The molecule has 0 aliphatic rings. The second kappa shape index (κ2) is 8.58. The number of Topliss-reactive ketones (excluding diaryl/α,β-unsaturated/α-hetero) is 1. The van der Waals surface area contributed by atoms with Gasteiger partial charge in [-0.3, -0.25) is 14.4 Å². The number of amides is 1. The number of hydrogen-bond donors (Lipinski definition) is 2. The third kappa shape index (κ3) is 6.30. The van der Waals surface area contributed by atoms with Crippen LogP contribution in [0.5, 0.6) is 0 Å². The molecule has 0 unspecified atom stereocenters. The Morgan fingerprint density at radius 3 is 2.36 bits per heavy atom. The molecule has 0 bridgehead atoms. The van der Waals surface area contributed by atoms with Crippen molar-refractivity contribution in [1.82, 2.24) is 5.32 Å². The van der Waals surface area contributed by atoms with Gasteiger partial charge in [-0.25, -0.2) is 0 Å². The minimum Gasteiger partial charge on any atom is -0.481 e. The zero-order valence-electron chi connectivity index (χ0n) is 12.8. The van der Waals surface area contributed by atoms with E-state index in [0.717, 1.165) is 0 Å². The lowest BCUT2D eigenvalue weighted by molar-refractivity contribution is -0.147. The van der Waals surface area contributed by atoms with E-state index < -0.39 is 11.4 Å². The van der Waals surface area contributed by atoms with Crippen LogP contribution in [0.2, 0.25) is 0 Å². The Morgan fingerprint density at radius 1 is 1.14 bits per heavy atom. The van der Waals surface area contributed by atoms with Gasteiger partial charge in [-0.1, -0.05) is 30.3 Å². The van der Waals surface area contributed by atoms with Gasteiger partial charge < -0.3 is 10.4 Å². The van der Waals surface area contributed by atoms with Gasteiger partial charge in [0.1, 0.15) is 0 Å². The van der Waals surface area contributed by atoms with Gasteiger partial charge in [0.25, 0.3) is 0 Å². The van der Waals surface area contributed by atoms with Gasteiger partial charge in [-0.15, -0.1) is 11.8 Å². The first kappa shape index (κ1) is 18.2. The molecule has 1 amide bonds. The topological polar surface area (TPSA) is 83.5 Å². The Bertz CT molecular complexity index is 528. The van der Waals surface area contributed by atoms with Crippen molar-refractivity contribution in [1.29, 1.82) is 0 Å². The highest BCUT2D eigenvalue weighted by Crippen LogP contribution is 2.19. The maximum Gasteiger partial charge on any atom is 0.309 e. The van der Waals surface area contributed by atoms with Crippen molar-refractivity contribution in [3.63, 3.8) is 0 Å². The average Bonchev–Trinajstić information content (AvgIpc) is 2.47. The molecule has 0 aromatic heterocycles. The molecule has 1 aromatic carbocycles. The third-order valence-corrected chi connectivity index (χ3v) is 4.15. The van der Waals surface area contributed by atoms with Crippen molar-refractivity contribution in [3.05, 3.63) is 35.9 Å². The molecule has 0 fully saturated rings. The third-order valence-electron chi connectivity index (χ3n) is 3.21. The fourth-order valence-corrected chi connectivity index (χ4v) is 2.36. The van der Waals surface area contributed by atoms with Gasteiger partial charge in [0.2, 0.25) is 5.91 Å². The van der Waals surface area contributed by atoms with Crippen molar-refractivity contribution in [2.75, 3.05) is 18.1 Å². The summed E-state index contributed by atoms with van der Waals surface area (Å²) in [5.74, 6) is -0.647. The molecular weight excluding hydrogens is 302 g/mol. The van der Waals surface area contributed by atoms with E-state index in [1.165, 1.54) is 11.8 Å². The van der Waals surface area contributed by atoms with Crippen LogP contribution in [0.15, 0.2) is 30.3 Å². The average molecular weight is 323 g/mol. The molecular formula is C16H21NO4S. The maximum absolute atomic E-state index is 11.8. The summed E-state index contributed by atoms with van der Waals surface area (Å²) < 4.78 is 0. The second-order valence-corrected chi connectivity index (χ2v) is 6.56. The van der Waals surface area contributed by atoms with Gasteiger partial charge >= 0.3 is 5.97 Å². The number of aliphatic carboxylic acids is 1. The number of thioether (sulfide) groups is 1. The number of carboxylic acids is 1. The predicted octanol–water partition coefficient (Wildman–Crippen LogP) is 2.22. The summed E-state index contributed by atoms with van der Waals surface area (Å²) in [7, 11) is 0. The Balaban J connectivity index is 2.21. The molecule has 0 saturated heterocycles. The van der Waals surface area contributed by atoms with Crippen molar-refractivity contribution in [2.24, 2.45) is 5.41 Å². The molecule has 0 atom stereocenters. The Hall–Kier alpha value is -1.82. The molecule has 2 N–H and O–H groups in total. The standard InChI is InChI=1S/C16H21NO4S/c1-16(2,15(20)21)8-9-17-14(19)11-22-10-13(18)12-6-4-3-5-7-12/h3-7H,8-11H2,1-2H3,(H,17,19)(H,20,21). The number of ketones is 1. The van der Waals surface area contributed by atoms with E-state index in [9.17, 15) is 14.4 Å².